The molecule has 1 aromatic rings. The van der Waals surface area contributed by atoms with Crippen molar-refractivity contribution in [2.45, 2.75) is 38.6 Å². The van der Waals surface area contributed by atoms with Crippen LogP contribution in [-0.2, 0) is 0 Å². The Morgan fingerprint density at radius 1 is 1.19 bits per heavy atom. The summed E-state index contributed by atoms with van der Waals surface area (Å²) in [5.41, 5.74) is -0.824. The zero-order valence-corrected chi connectivity index (χ0v) is 9.38. The lowest BCUT2D eigenvalue weighted by atomic mass is 9.87. The number of aromatic nitrogens is 2. The van der Waals surface area contributed by atoms with Gasteiger partial charge >= 0.3 is 5.69 Å². The molecule has 0 saturated heterocycles. The van der Waals surface area contributed by atoms with Gasteiger partial charge in [0.15, 0.2) is 0 Å². The van der Waals surface area contributed by atoms with E-state index in [0.29, 0.717) is 11.9 Å². The molecule has 5 nitrogen and oxygen atoms in total. The summed E-state index contributed by atoms with van der Waals surface area (Å²) in [5.74, 6) is 1.31. The highest BCUT2D eigenvalue weighted by molar-refractivity contribution is 5.33. The third kappa shape index (κ3) is 2.74. The maximum atomic E-state index is 11.1. The van der Waals surface area contributed by atoms with Gasteiger partial charge in [0, 0.05) is 12.1 Å². The standard InChI is InChI=1S/C11H17N3O2/c1-7-2-4-8(5-3-7)12-9-6-10(15)14-11(16)13-9/h6-8H,2-5H2,1H3,(H3,12,13,14,15,16). The highest BCUT2D eigenvalue weighted by Crippen LogP contribution is 2.24. The number of anilines is 1. The Kier molecular flexibility index (Phi) is 3.12. The monoisotopic (exact) mass is 223 g/mol. The lowest BCUT2D eigenvalue weighted by Crippen LogP contribution is -2.29. The van der Waals surface area contributed by atoms with Crippen LogP contribution in [-0.4, -0.2) is 16.0 Å². The van der Waals surface area contributed by atoms with E-state index in [1.807, 2.05) is 0 Å². The van der Waals surface area contributed by atoms with E-state index in [1.165, 1.54) is 18.9 Å². The van der Waals surface area contributed by atoms with Gasteiger partial charge in [-0.25, -0.2) is 4.79 Å². The second-order valence-electron chi connectivity index (χ2n) is 4.60. The Morgan fingerprint density at radius 2 is 1.88 bits per heavy atom. The van der Waals surface area contributed by atoms with Crippen LogP contribution in [0.3, 0.4) is 0 Å². The number of nitrogens with one attached hydrogen (secondary N) is 3. The van der Waals surface area contributed by atoms with E-state index in [0.717, 1.165) is 18.8 Å². The van der Waals surface area contributed by atoms with Gasteiger partial charge in [0.1, 0.15) is 5.82 Å². The van der Waals surface area contributed by atoms with Gasteiger partial charge in [-0.1, -0.05) is 6.92 Å². The maximum absolute atomic E-state index is 11.1. The van der Waals surface area contributed by atoms with Crippen LogP contribution < -0.4 is 16.6 Å². The fraction of sp³-hybridized carbons (Fsp3) is 0.636. The minimum absolute atomic E-state index is 0.365. The van der Waals surface area contributed by atoms with Crippen molar-refractivity contribution in [2.75, 3.05) is 5.32 Å². The van der Waals surface area contributed by atoms with Crippen molar-refractivity contribution in [1.29, 1.82) is 0 Å². The Morgan fingerprint density at radius 3 is 2.50 bits per heavy atom. The Balaban J connectivity index is 2.04. The van der Waals surface area contributed by atoms with Crippen LogP contribution in [0.25, 0.3) is 0 Å². The Hall–Kier alpha value is -1.52. The van der Waals surface area contributed by atoms with Gasteiger partial charge in [-0.05, 0) is 31.6 Å². The zero-order chi connectivity index (χ0) is 11.5. The molecule has 1 aliphatic rings. The van der Waals surface area contributed by atoms with Crippen LogP contribution in [0.4, 0.5) is 5.82 Å². The second-order valence-corrected chi connectivity index (χ2v) is 4.60. The van der Waals surface area contributed by atoms with Crippen LogP contribution in [0.1, 0.15) is 32.6 Å². The minimum Gasteiger partial charge on any atom is -0.369 e. The SMILES string of the molecule is CC1CCC(Nc2cc(=O)[nH]c(=O)[nH]2)CC1. The molecule has 1 aliphatic carbocycles. The lowest BCUT2D eigenvalue weighted by molar-refractivity contribution is 0.360. The number of hydrogen-bond acceptors (Lipinski definition) is 3. The van der Waals surface area contributed by atoms with Crippen LogP contribution in [0.5, 0.6) is 0 Å². The molecule has 5 heteroatoms. The molecule has 1 fully saturated rings. The number of rotatable bonds is 2. The van der Waals surface area contributed by atoms with Crippen molar-refractivity contribution in [1.82, 2.24) is 9.97 Å². The molecule has 0 aliphatic heterocycles. The largest absolute Gasteiger partial charge is 0.369 e. The fourth-order valence-electron chi connectivity index (χ4n) is 2.17. The fourth-order valence-corrected chi connectivity index (χ4v) is 2.17. The quantitative estimate of drug-likeness (QED) is 0.701. The van der Waals surface area contributed by atoms with Crippen LogP contribution in [0, 0.1) is 5.92 Å². The summed E-state index contributed by atoms with van der Waals surface area (Å²) >= 11 is 0. The molecule has 0 amide bonds. The van der Waals surface area contributed by atoms with Crippen molar-refractivity contribution >= 4 is 5.82 Å². The zero-order valence-electron chi connectivity index (χ0n) is 9.38. The van der Waals surface area contributed by atoms with Gasteiger partial charge in [0.05, 0.1) is 0 Å². The Bertz CT molecular complexity index is 427. The normalized spacial score (nSPS) is 25.3. The summed E-state index contributed by atoms with van der Waals surface area (Å²) in [4.78, 5) is 26.9. The lowest BCUT2D eigenvalue weighted by Gasteiger charge is -2.27. The van der Waals surface area contributed by atoms with Crippen molar-refractivity contribution < 1.29 is 0 Å². The molecular formula is C11H17N3O2. The smallest absolute Gasteiger partial charge is 0.327 e. The summed E-state index contributed by atoms with van der Waals surface area (Å²) in [7, 11) is 0. The molecule has 0 radical (unpaired) electrons. The Labute approximate surface area is 93.3 Å². The predicted molar refractivity (Wildman–Crippen MR) is 62.7 cm³/mol. The predicted octanol–water partition coefficient (Wildman–Crippen LogP) is 1.05. The summed E-state index contributed by atoms with van der Waals surface area (Å²) in [6, 6.07) is 1.76. The van der Waals surface area contributed by atoms with Gasteiger partial charge < -0.3 is 5.32 Å². The first-order chi connectivity index (χ1) is 7.63. The first kappa shape index (κ1) is 11.0. The number of aromatic amines is 2. The molecule has 0 bridgehead atoms. The number of H-pyrrole nitrogens is 2. The van der Waals surface area contributed by atoms with Gasteiger partial charge in [-0.2, -0.15) is 0 Å². The molecule has 16 heavy (non-hydrogen) atoms. The molecule has 2 rings (SSSR count). The topological polar surface area (TPSA) is 77.8 Å². The molecule has 88 valence electrons. The molecule has 0 spiro atoms. The molecule has 1 saturated carbocycles. The molecule has 0 atom stereocenters. The van der Waals surface area contributed by atoms with Crippen molar-refractivity contribution in [3.63, 3.8) is 0 Å². The number of hydrogen-bond donors (Lipinski definition) is 3. The van der Waals surface area contributed by atoms with E-state index < -0.39 is 5.69 Å². The summed E-state index contributed by atoms with van der Waals surface area (Å²) in [6.45, 7) is 2.26. The van der Waals surface area contributed by atoms with Crippen LogP contribution in [0.2, 0.25) is 0 Å². The highest BCUT2D eigenvalue weighted by atomic mass is 16.2. The van der Waals surface area contributed by atoms with Gasteiger partial charge in [-0.3, -0.25) is 14.8 Å². The minimum atomic E-state index is -0.459. The summed E-state index contributed by atoms with van der Waals surface area (Å²) < 4.78 is 0. The second kappa shape index (κ2) is 4.55. The first-order valence-electron chi connectivity index (χ1n) is 5.73. The van der Waals surface area contributed by atoms with Gasteiger partial charge in [-0.15, -0.1) is 0 Å². The van der Waals surface area contributed by atoms with E-state index in [2.05, 4.69) is 22.2 Å². The summed E-state index contributed by atoms with van der Waals surface area (Å²) in [6.07, 6.45) is 4.59. The molecule has 0 aromatic carbocycles. The molecule has 1 aromatic heterocycles. The van der Waals surface area contributed by atoms with E-state index in [-0.39, 0.29) is 5.56 Å². The van der Waals surface area contributed by atoms with Crippen molar-refractivity contribution in [3.05, 3.63) is 26.9 Å². The summed E-state index contributed by atoms with van der Waals surface area (Å²) in [5, 5.41) is 3.21. The molecule has 1 heterocycles. The molecule has 3 N–H and O–H groups in total. The van der Waals surface area contributed by atoms with Crippen molar-refractivity contribution in [2.24, 2.45) is 5.92 Å². The van der Waals surface area contributed by atoms with Crippen molar-refractivity contribution in [3.8, 4) is 0 Å². The third-order valence-corrected chi connectivity index (χ3v) is 3.14. The maximum Gasteiger partial charge on any atom is 0.327 e. The van der Waals surface area contributed by atoms with Crippen LogP contribution in [0.15, 0.2) is 15.7 Å². The first-order valence-corrected chi connectivity index (χ1v) is 5.73. The van der Waals surface area contributed by atoms with E-state index >= 15 is 0 Å². The molecular weight excluding hydrogens is 206 g/mol. The molecule has 0 unspecified atom stereocenters. The third-order valence-electron chi connectivity index (χ3n) is 3.14. The average Bonchev–Trinajstić information content (AvgIpc) is 2.20. The van der Waals surface area contributed by atoms with E-state index in [1.54, 1.807) is 0 Å². The van der Waals surface area contributed by atoms with Crippen LogP contribution >= 0.6 is 0 Å². The highest BCUT2D eigenvalue weighted by Gasteiger charge is 2.18. The average molecular weight is 223 g/mol. The van der Waals surface area contributed by atoms with Gasteiger partial charge in [0.25, 0.3) is 5.56 Å². The van der Waals surface area contributed by atoms with E-state index in [4.69, 9.17) is 0 Å². The van der Waals surface area contributed by atoms with E-state index in [9.17, 15) is 9.59 Å². The van der Waals surface area contributed by atoms with Gasteiger partial charge in [0.2, 0.25) is 0 Å².